The van der Waals surface area contributed by atoms with Crippen molar-refractivity contribution in [1.29, 1.82) is 0 Å². The Hall–Kier alpha value is -3.86. The summed E-state index contributed by atoms with van der Waals surface area (Å²) < 4.78 is 10.6. The normalized spacial score (nSPS) is 10.9. The Labute approximate surface area is 169 Å². The first kappa shape index (κ1) is 19.9. The van der Waals surface area contributed by atoms with Gasteiger partial charge in [0.05, 0.1) is 12.7 Å². The van der Waals surface area contributed by atoms with Crippen LogP contribution < -0.4 is 10.1 Å². The van der Waals surface area contributed by atoms with Crippen molar-refractivity contribution in [1.82, 2.24) is 0 Å². The molecule has 146 valence electrons. The van der Waals surface area contributed by atoms with Gasteiger partial charge in [-0.05, 0) is 29.8 Å². The van der Waals surface area contributed by atoms with Crippen molar-refractivity contribution in [3.8, 4) is 5.75 Å². The van der Waals surface area contributed by atoms with Crippen molar-refractivity contribution in [3.63, 3.8) is 0 Å². The van der Waals surface area contributed by atoms with Gasteiger partial charge < -0.3 is 14.8 Å². The van der Waals surface area contributed by atoms with E-state index < -0.39 is 11.9 Å². The largest absolute Gasteiger partial charge is 0.496 e. The Kier molecular flexibility index (Phi) is 6.79. The first-order chi connectivity index (χ1) is 14.2. The van der Waals surface area contributed by atoms with E-state index >= 15 is 0 Å². The molecular weight excluding hydrogens is 366 g/mol. The molecule has 3 aromatic rings. The number of amides is 1. The van der Waals surface area contributed by atoms with Crippen LogP contribution in [0.1, 0.15) is 11.1 Å². The summed E-state index contributed by atoms with van der Waals surface area (Å²) in [4.78, 5) is 24.9. The molecule has 5 heteroatoms. The molecule has 0 bridgehead atoms. The van der Waals surface area contributed by atoms with Gasteiger partial charge in [0, 0.05) is 11.3 Å². The van der Waals surface area contributed by atoms with Gasteiger partial charge in [0.15, 0.2) is 6.61 Å². The van der Waals surface area contributed by atoms with Gasteiger partial charge in [-0.1, -0.05) is 66.7 Å². The molecule has 0 unspecified atom stereocenters. The van der Waals surface area contributed by atoms with E-state index in [9.17, 15) is 9.59 Å². The molecule has 1 amide bonds. The zero-order valence-electron chi connectivity index (χ0n) is 16.0. The number of ether oxygens (including phenoxy) is 2. The molecule has 1 N–H and O–H groups in total. The number of rotatable bonds is 7. The summed E-state index contributed by atoms with van der Waals surface area (Å²) >= 11 is 0. The summed E-state index contributed by atoms with van der Waals surface area (Å²) in [6.45, 7) is -0.385. The van der Waals surface area contributed by atoms with Crippen LogP contribution in [0.15, 0.2) is 84.9 Å². The summed E-state index contributed by atoms with van der Waals surface area (Å²) in [5.41, 5.74) is 2.40. The van der Waals surface area contributed by atoms with Crippen LogP contribution in [0.25, 0.3) is 11.6 Å². The van der Waals surface area contributed by atoms with E-state index in [1.807, 2.05) is 72.8 Å². The molecule has 5 nitrogen and oxygen atoms in total. The number of nitrogens with one attached hydrogen (secondary N) is 1. The number of methoxy groups -OCH3 is 1. The van der Waals surface area contributed by atoms with Crippen LogP contribution in [0.2, 0.25) is 0 Å². The number of carbonyl (C=O) groups excluding carboxylic acids is 2. The maximum atomic E-state index is 12.8. The molecule has 0 atom stereocenters. The van der Waals surface area contributed by atoms with Crippen molar-refractivity contribution in [2.75, 3.05) is 19.0 Å². The third-order valence-electron chi connectivity index (χ3n) is 4.14. The average Bonchev–Trinajstić information content (AvgIpc) is 2.77. The van der Waals surface area contributed by atoms with Crippen LogP contribution in [0.4, 0.5) is 5.69 Å². The number of hydrogen-bond acceptors (Lipinski definition) is 4. The second-order valence-corrected chi connectivity index (χ2v) is 6.16. The maximum absolute atomic E-state index is 12.8. The fourth-order valence-electron chi connectivity index (χ4n) is 2.75. The Bertz CT molecular complexity index is 998. The van der Waals surface area contributed by atoms with Gasteiger partial charge in [-0.3, -0.25) is 4.79 Å². The number of benzene rings is 3. The first-order valence-electron chi connectivity index (χ1n) is 9.09. The molecule has 0 spiro atoms. The molecular formula is C24H21NO4. The van der Waals surface area contributed by atoms with Gasteiger partial charge in [0.25, 0.3) is 5.91 Å². The lowest BCUT2D eigenvalue weighted by Gasteiger charge is -2.11. The van der Waals surface area contributed by atoms with E-state index in [1.54, 1.807) is 25.3 Å². The molecule has 0 aromatic heterocycles. The number of carbonyl (C=O) groups is 2. The zero-order valence-corrected chi connectivity index (χ0v) is 16.0. The molecule has 3 rings (SSSR count). The predicted octanol–water partition coefficient (Wildman–Crippen LogP) is 4.42. The van der Waals surface area contributed by atoms with Crippen LogP contribution >= 0.6 is 0 Å². The third kappa shape index (κ3) is 5.56. The average molecular weight is 387 g/mol. The van der Waals surface area contributed by atoms with E-state index in [-0.39, 0.29) is 6.61 Å². The zero-order chi connectivity index (χ0) is 20.5. The van der Waals surface area contributed by atoms with Gasteiger partial charge in [-0.2, -0.15) is 0 Å². The molecule has 0 saturated carbocycles. The van der Waals surface area contributed by atoms with Gasteiger partial charge in [0.1, 0.15) is 5.75 Å². The standard InChI is InChI=1S/C24H21NO4/c1-28-22-15-9-8-12-19(22)16-21(18-10-4-2-5-11-18)24(27)29-17-23(26)25-20-13-6-3-7-14-20/h2-16H,17H2,1H3,(H,25,26)/b21-16+. The molecule has 0 aliphatic rings. The highest BCUT2D eigenvalue weighted by molar-refractivity contribution is 6.22. The molecule has 0 heterocycles. The Morgan fingerprint density at radius 1 is 0.862 bits per heavy atom. The molecule has 0 fully saturated rings. The minimum atomic E-state index is -0.592. The summed E-state index contributed by atoms with van der Waals surface area (Å²) in [6.07, 6.45) is 1.70. The molecule has 0 aliphatic carbocycles. The lowest BCUT2D eigenvalue weighted by Crippen LogP contribution is -2.21. The topological polar surface area (TPSA) is 64.6 Å². The number of para-hydroxylation sites is 2. The minimum Gasteiger partial charge on any atom is -0.496 e. The minimum absolute atomic E-state index is 0.336. The molecule has 0 aliphatic heterocycles. The van der Waals surface area contributed by atoms with Crippen molar-refractivity contribution in [3.05, 3.63) is 96.1 Å². The fraction of sp³-hybridized carbons (Fsp3) is 0.0833. The van der Waals surface area contributed by atoms with Gasteiger partial charge in [-0.15, -0.1) is 0 Å². The number of anilines is 1. The van der Waals surface area contributed by atoms with Crippen molar-refractivity contribution in [2.24, 2.45) is 0 Å². The summed E-state index contributed by atoms with van der Waals surface area (Å²) in [5, 5.41) is 2.69. The molecule has 3 aromatic carbocycles. The Morgan fingerprint density at radius 3 is 2.17 bits per heavy atom. The van der Waals surface area contributed by atoms with Gasteiger partial charge in [-0.25, -0.2) is 4.79 Å². The second-order valence-electron chi connectivity index (χ2n) is 6.16. The number of esters is 1. The SMILES string of the molecule is COc1ccccc1/C=C(/C(=O)OCC(=O)Nc1ccccc1)c1ccccc1. The van der Waals surface area contributed by atoms with Crippen LogP contribution in [0, 0.1) is 0 Å². The highest BCUT2D eigenvalue weighted by Gasteiger charge is 2.16. The van der Waals surface area contributed by atoms with Crippen molar-refractivity contribution in [2.45, 2.75) is 0 Å². The van der Waals surface area contributed by atoms with E-state index in [4.69, 9.17) is 9.47 Å². The smallest absolute Gasteiger partial charge is 0.339 e. The van der Waals surface area contributed by atoms with Crippen molar-refractivity contribution >= 4 is 29.2 Å². The lowest BCUT2D eigenvalue weighted by molar-refractivity contribution is -0.141. The maximum Gasteiger partial charge on any atom is 0.339 e. The summed E-state index contributed by atoms with van der Waals surface area (Å²) in [7, 11) is 1.57. The molecule has 0 radical (unpaired) electrons. The fourth-order valence-corrected chi connectivity index (χ4v) is 2.75. The quantitative estimate of drug-likeness (QED) is 0.370. The lowest BCUT2D eigenvalue weighted by atomic mass is 10.0. The molecule has 29 heavy (non-hydrogen) atoms. The highest BCUT2D eigenvalue weighted by Crippen LogP contribution is 2.25. The molecule has 0 saturated heterocycles. The van der Waals surface area contributed by atoms with E-state index in [0.717, 1.165) is 5.56 Å². The predicted molar refractivity (Wildman–Crippen MR) is 113 cm³/mol. The summed E-state index contributed by atoms with van der Waals surface area (Å²) in [5.74, 6) is -0.366. The Balaban J connectivity index is 1.78. The van der Waals surface area contributed by atoms with Gasteiger partial charge in [0.2, 0.25) is 0 Å². The van der Waals surface area contributed by atoms with Gasteiger partial charge >= 0.3 is 5.97 Å². The monoisotopic (exact) mass is 387 g/mol. The highest BCUT2D eigenvalue weighted by atomic mass is 16.5. The van der Waals surface area contributed by atoms with Crippen LogP contribution in [0.3, 0.4) is 0 Å². The van der Waals surface area contributed by atoms with Crippen LogP contribution in [0.5, 0.6) is 5.75 Å². The van der Waals surface area contributed by atoms with E-state index in [2.05, 4.69) is 5.32 Å². The van der Waals surface area contributed by atoms with E-state index in [1.165, 1.54) is 0 Å². The van der Waals surface area contributed by atoms with Crippen LogP contribution in [-0.2, 0) is 14.3 Å². The third-order valence-corrected chi connectivity index (χ3v) is 4.14. The summed E-state index contributed by atoms with van der Waals surface area (Å²) in [6, 6.07) is 25.5. The first-order valence-corrected chi connectivity index (χ1v) is 9.09. The van der Waals surface area contributed by atoms with E-state index in [0.29, 0.717) is 22.6 Å². The Morgan fingerprint density at radius 2 is 1.48 bits per heavy atom. The second kappa shape index (κ2) is 9.90. The number of hydrogen-bond donors (Lipinski definition) is 1. The van der Waals surface area contributed by atoms with Crippen LogP contribution in [-0.4, -0.2) is 25.6 Å². The van der Waals surface area contributed by atoms with Crippen molar-refractivity contribution < 1.29 is 19.1 Å².